The highest BCUT2D eigenvalue weighted by atomic mass is 19.1. The molecule has 4 nitrogen and oxygen atoms in total. The number of hydrogen-bond donors (Lipinski definition) is 1. The Morgan fingerprint density at radius 3 is 2.67 bits per heavy atom. The van der Waals surface area contributed by atoms with Crippen molar-refractivity contribution in [3.05, 3.63) is 39.7 Å². The van der Waals surface area contributed by atoms with Gasteiger partial charge in [0.25, 0.3) is 5.69 Å². The van der Waals surface area contributed by atoms with Crippen molar-refractivity contribution in [1.29, 1.82) is 0 Å². The first kappa shape index (κ1) is 13.0. The summed E-state index contributed by atoms with van der Waals surface area (Å²) in [6, 6.07) is 3.72. The molecule has 5 heteroatoms. The first-order valence-electron chi connectivity index (χ1n) is 6.23. The number of halogens is 1. The highest BCUT2D eigenvalue weighted by Gasteiger charge is 2.34. The van der Waals surface area contributed by atoms with E-state index in [-0.39, 0.29) is 11.2 Å². The molecule has 1 fully saturated rings. The Morgan fingerprint density at radius 1 is 1.44 bits per heavy atom. The number of rotatable bonds is 5. The molecule has 1 aliphatic rings. The zero-order valence-corrected chi connectivity index (χ0v) is 10.4. The van der Waals surface area contributed by atoms with E-state index < -0.39 is 10.7 Å². The average molecular weight is 252 g/mol. The molecule has 1 saturated carbocycles. The number of benzene rings is 1. The minimum absolute atomic E-state index is 0.154. The Labute approximate surface area is 105 Å². The van der Waals surface area contributed by atoms with Crippen LogP contribution in [0, 0.1) is 15.9 Å². The Bertz CT molecular complexity index is 453. The van der Waals surface area contributed by atoms with Crippen LogP contribution in [-0.2, 0) is 6.54 Å². The Morgan fingerprint density at radius 2 is 2.17 bits per heavy atom. The van der Waals surface area contributed by atoms with E-state index in [0.717, 1.165) is 25.3 Å². The van der Waals surface area contributed by atoms with Crippen LogP contribution in [0.15, 0.2) is 18.2 Å². The Balaban J connectivity index is 2.07. The van der Waals surface area contributed by atoms with Gasteiger partial charge in [0.2, 0.25) is 0 Å². The van der Waals surface area contributed by atoms with Crippen LogP contribution in [0.4, 0.5) is 10.1 Å². The molecule has 0 unspecified atom stereocenters. The van der Waals surface area contributed by atoms with Crippen molar-refractivity contribution in [2.75, 3.05) is 0 Å². The van der Waals surface area contributed by atoms with Crippen LogP contribution in [0.3, 0.4) is 0 Å². The summed E-state index contributed by atoms with van der Waals surface area (Å²) in [7, 11) is 0. The van der Waals surface area contributed by atoms with Crippen LogP contribution in [0.2, 0.25) is 0 Å². The number of nitro groups is 1. The van der Waals surface area contributed by atoms with Crippen LogP contribution in [0.25, 0.3) is 0 Å². The summed E-state index contributed by atoms with van der Waals surface area (Å²) in [6.07, 6.45) is 4.50. The highest BCUT2D eigenvalue weighted by Crippen LogP contribution is 2.34. The predicted molar refractivity (Wildman–Crippen MR) is 66.8 cm³/mol. The molecule has 0 heterocycles. The van der Waals surface area contributed by atoms with Crippen molar-refractivity contribution < 1.29 is 9.31 Å². The lowest BCUT2D eigenvalue weighted by Gasteiger charge is -2.42. The van der Waals surface area contributed by atoms with E-state index in [1.807, 2.05) is 0 Å². The zero-order valence-electron chi connectivity index (χ0n) is 10.4. The maximum atomic E-state index is 13.3. The summed E-state index contributed by atoms with van der Waals surface area (Å²) in [5, 5.41) is 14.1. The highest BCUT2D eigenvalue weighted by molar-refractivity contribution is 5.35. The largest absolute Gasteiger partial charge is 0.307 e. The normalized spacial score (nSPS) is 17.2. The van der Waals surface area contributed by atoms with Crippen molar-refractivity contribution in [3.8, 4) is 0 Å². The lowest BCUT2D eigenvalue weighted by molar-refractivity contribution is -0.385. The van der Waals surface area contributed by atoms with Gasteiger partial charge in [-0.3, -0.25) is 10.1 Å². The van der Waals surface area contributed by atoms with Crippen molar-refractivity contribution in [3.63, 3.8) is 0 Å². The molecule has 1 aliphatic carbocycles. The number of nitrogens with zero attached hydrogens (tertiary/aromatic N) is 1. The molecule has 1 aromatic carbocycles. The van der Waals surface area contributed by atoms with Crippen molar-refractivity contribution in [1.82, 2.24) is 5.32 Å². The first-order chi connectivity index (χ1) is 8.54. The number of non-ortho nitro benzene ring substituents is 1. The fourth-order valence-corrected chi connectivity index (χ4v) is 2.39. The number of hydrogen-bond acceptors (Lipinski definition) is 3. The van der Waals surface area contributed by atoms with Crippen LogP contribution < -0.4 is 5.32 Å². The zero-order chi connectivity index (χ0) is 13.2. The van der Waals surface area contributed by atoms with Gasteiger partial charge >= 0.3 is 0 Å². The Hall–Kier alpha value is -1.49. The topological polar surface area (TPSA) is 55.2 Å². The molecule has 2 rings (SSSR count). The third-order valence-electron chi connectivity index (χ3n) is 3.81. The fraction of sp³-hybridized carbons (Fsp3) is 0.538. The fourth-order valence-electron chi connectivity index (χ4n) is 2.39. The number of nitro benzene ring substituents is 1. The summed E-state index contributed by atoms with van der Waals surface area (Å²) >= 11 is 0. The maximum Gasteiger partial charge on any atom is 0.272 e. The molecule has 98 valence electrons. The summed E-state index contributed by atoms with van der Waals surface area (Å²) in [5.74, 6) is -0.555. The quantitative estimate of drug-likeness (QED) is 0.647. The summed E-state index contributed by atoms with van der Waals surface area (Å²) in [6.45, 7) is 2.60. The van der Waals surface area contributed by atoms with Gasteiger partial charge in [-0.15, -0.1) is 0 Å². The van der Waals surface area contributed by atoms with Gasteiger partial charge in [0.05, 0.1) is 11.0 Å². The molecule has 1 N–H and O–H groups in total. The Kier molecular flexibility index (Phi) is 3.61. The van der Waals surface area contributed by atoms with Crippen molar-refractivity contribution in [2.24, 2.45) is 0 Å². The van der Waals surface area contributed by atoms with E-state index >= 15 is 0 Å². The second-order valence-corrected chi connectivity index (χ2v) is 4.92. The minimum Gasteiger partial charge on any atom is -0.307 e. The summed E-state index contributed by atoms with van der Waals surface area (Å²) in [4.78, 5) is 10.1. The van der Waals surface area contributed by atoms with E-state index in [0.29, 0.717) is 12.1 Å². The molecule has 0 spiro atoms. The third kappa shape index (κ3) is 2.67. The molecule has 1 aromatic rings. The van der Waals surface area contributed by atoms with Gasteiger partial charge < -0.3 is 5.32 Å². The number of nitrogens with one attached hydrogen (secondary N) is 1. The maximum absolute atomic E-state index is 13.3. The van der Waals surface area contributed by atoms with Gasteiger partial charge in [0, 0.05) is 18.2 Å². The van der Waals surface area contributed by atoms with Gasteiger partial charge in [-0.05, 0) is 37.3 Å². The van der Waals surface area contributed by atoms with E-state index in [1.165, 1.54) is 18.6 Å². The second kappa shape index (κ2) is 5.02. The van der Waals surface area contributed by atoms with Gasteiger partial charge in [0.1, 0.15) is 5.82 Å². The lowest BCUT2D eigenvalue weighted by atomic mass is 9.75. The molecule has 0 saturated heterocycles. The molecule has 0 bridgehead atoms. The van der Waals surface area contributed by atoms with Gasteiger partial charge in [-0.2, -0.15) is 0 Å². The minimum atomic E-state index is -0.564. The third-order valence-corrected chi connectivity index (χ3v) is 3.81. The molecule has 18 heavy (non-hydrogen) atoms. The van der Waals surface area contributed by atoms with E-state index in [1.54, 1.807) is 0 Å². The van der Waals surface area contributed by atoms with Crippen LogP contribution in [0.5, 0.6) is 0 Å². The van der Waals surface area contributed by atoms with E-state index in [4.69, 9.17) is 0 Å². The van der Waals surface area contributed by atoms with Gasteiger partial charge in [0.15, 0.2) is 0 Å². The summed E-state index contributed by atoms with van der Waals surface area (Å²) < 4.78 is 13.3. The van der Waals surface area contributed by atoms with Crippen LogP contribution in [0.1, 0.15) is 38.2 Å². The molecular formula is C13H17FN2O2. The molecule has 0 radical (unpaired) electrons. The monoisotopic (exact) mass is 252 g/mol. The first-order valence-corrected chi connectivity index (χ1v) is 6.23. The van der Waals surface area contributed by atoms with E-state index in [9.17, 15) is 14.5 Å². The molecule has 0 aliphatic heterocycles. The predicted octanol–water partition coefficient (Wildman–Crippen LogP) is 3.16. The van der Waals surface area contributed by atoms with Crippen molar-refractivity contribution >= 4 is 5.69 Å². The average Bonchev–Trinajstić information content (AvgIpc) is 2.27. The van der Waals surface area contributed by atoms with Gasteiger partial charge in [-0.1, -0.05) is 6.92 Å². The molecule has 0 atom stereocenters. The van der Waals surface area contributed by atoms with E-state index in [2.05, 4.69) is 12.2 Å². The SMILES string of the molecule is CCC1(NCc2cc(F)cc([N+](=O)[O-])c2)CCC1. The molecule has 0 amide bonds. The smallest absolute Gasteiger partial charge is 0.272 e. The van der Waals surface area contributed by atoms with Crippen LogP contribution in [-0.4, -0.2) is 10.5 Å². The summed E-state index contributed by atoms with van der Waals surface area (Å²) in [5.41, 5.74) is 0.591. The molecular weight excluding hydrogens is 235 g/mol. The van der Waals surface area contributed by atoms with Gasteiger partial charge in [-0.25, -0.2) is 4.39 Å². The second-order valence-electron chi connectivity index (χ2n) is 4.92. The molecule has 0 aromatic heterocycles. The lowest BCUT2D eigenvalue weighted by Crippen LogP contribution is -2.49. The van der Waals surface area contributed by atoms with Crippen LogP contribution >= 0.6 is 0 Å². The van der Waals surface area contributed by atoms with Crippen molar-refractivity contribution in [2.45, 2.75) is 44.7 Å². The standard InChI is InChI=1S/C13H17FN2O2/c1-2-13(4-3-5-13)15-9-10-6-11(14)8-12(7-10)16(17)18/h6-8,15H,2-5,9H2,1H3.